The van der Waals surface area contributed by atoms with Crippen LogP contribution in [0.5, 0.6) is 0 Å². The highest BCUT2D eigenvalue weighted by atomic mass is 16.1. The van der Waals surface area contributed by atoms with E-state index in [0.29, 0.717) is 12.2 Å². The van der Waals surface area contributed by atoms with Gasteiger partial charge in [0.25, 0.3) is 0 Å². The molecule has 0 amide bonds. The van der Waals surface area contributed by atoms with Crippen molar-refractivity contribution in [2.45, 2.75) is 45.4 Å². The van der Waals surface area contributed by atoms with Crippen molar-refractivity contribution in [2.24, 2.45) is 5.41 Å². The van der Waals surface area contributed by atoms with E-state index in [1.54, 1.807) is 0 Å². The summed E-state index contributed by atoms with van der Waals surface area (Å²) in [5.74, 6) is 3.00. The highest BCUT2D eigenvalue weighted by Gasteiger charge is 2.36. The highest BCUT2D eigenvalue weighted by Crippen LogP contribution is 2.32. The van der Waals surface area contributed by atoms with E-state index in [0.717, 1.165) is 45.2 Å². The lowest BCUT2D eigenvalue weighted by atomic mass is 9.73. The fraction of sp³-hybridized carbons (Fsp3) is 0.769. The molecule has 2 nitrogen and oxygen atoms in total. The number of carbonyl (C=O) groups is 1. The molecule has 1 aliphatic rings. The molecule has 2 heteroatoms. The molecule has 1 aliphatic heterocycles. The van der Waals surface area contributed by atoms with Crippen LogP contribution in [0.4, 0.5) is 0 Å². The summed E-state index contributed by atoms with van der Waals surface area (Å²) in [5, 5.41) is 3.34. The van der Waals surface area contributed by atoms with Crippen LogP contribution in [0.15, 0.2) is 0 Å². The fourth-order valence-corrected chi connectivity index (χ4v) is 2.32. The van der Waals surface area contributed by atoms with E-state index in [1.165, 1.54) is 0 Å². The lowest BCUT2D eigenvalue weighted by Crippen LogP contribution is -2.45. The third-order valence-electron chi connectivity index (χ3n) is 3.47. The predicted octanol–water partition coefficient (Wildman–Crippen LogP) is 2.14. The third kappa shape index (κ3) is 3.07. The molecule has 1 unspecified atom stereocenters. The van der Waals surface area contributed by atoms with Gasteiger partial charge in [-0.25, -0.2) is 0 Å². The number of hydrogen-bond acceptors (Lipinski definition) is 2. The van der Waals surface area contributed by atoms with Gasteiger partial charge in [-0.1, -0.05) is 6.92 Å². The van der Waals surface area contributed by atoms with E-state index in [4.69, 9.17) is 6.42 Å². The molecule has 0 saturated carbocycles. The quantitative estimate of drug-likeness (QED) is 0.553. The lowest BCUT2D eigenvalue weighted by molar-refractivity contribution is -0.130. The Hall–Kier alpha value is -0.810. The summed E-state index contributed by atoms with van der Waals surface area (Å²) in [7, 11) is 0. The second-order valence-electron chi connectivity index (χ2n) is 4.40. The van der Waals surface area contributed by atoms with Gasteiger partial charge in [-0.15, -0.1) is 12.3 Å². The van der Waals surface area contributed by atoms with Crippen molar-refractivity contribution in [1.82, 2.24) is 5.32 Å². The van der Waals surface area contributed by atoms with Gasteiger partial charge in [0.15, 0.2) is 0 Å². The second-order valence-corrected chi connectivity index (χ2v) is 4.40. The summed E-state index contributed by atoms with van der Waals surface area (Å²) < 4.78 is 0. The highest BCUT2D eigenvalue weighted by molar-refractivity contribution is 5.85. The SMILES string of the molecule is C#CCCCC(=O)C1(CC)CCCNC1. The zero-order valence-corrected chi connectivity index (χ0v) is 9.64. The molecule has 0 aromatic heterocycles. The number of nitrogens with one attached hydrogen (secondary N) is 1. The number of terminal acetylenes is 1. The van der Waals surface area contributed by atoms with Gasteiger partial charge in [-0.3, -0.25) is 4.79 Å². The molecule has 0 radical (unpaired) electrons. The number of carbonyl (C=O) groups excluding carboxylic acids is 1. The van der Waals surface area contributed by atoms with Crippen LogP contribution in [-0.4, -0.2) is 18.9 Å². The largest absolute Gasteiger partial charge is 0.316 e. The first-order chi connectivity index (χ1) is 7.25. The Morgan fingerprint density at radius 2 is 2.40 bits per heavy atom. The smallest absolute Gasteiger partial charge is 0.140 e. The summed E-state index contributed by atoms with van der Waals surface area (Å²) in [6, 6.07) is 0. The Morgan fingerprint density at radius 1 is 1.60 bits per heavy atom. The topological polar surface area (TPSA) is 29.1 Å². The van der Waals surface area contributed by atoms with Crippen LogP contribution in [0.2, 0.25) is 0 Å². The molecule has 15 heavy (non-hydrogen) atoms. The standard InChI is InChI=1S/C13H21NO/c1-3-5-6-8-12(15)13(4-2)9-7-10-14-11-13/h1,14H,4-11H2,2H3. The molecule has 1 rings (SSSR count). The molecular weight excluding hydrogens is 186 g/mol. The monoisotopic (exact) mass is 207 g/mol. The zero-order chi connectivity index (χ0) is 11.1. The zero-order valence-electron chi connectivity index (χ0n) is 9.64. The van der Waals surface area contributed by atoms with Gasteiger partial charge in [0, 0.05) is 24.8 Å². The molecule has 0 spiro atoms. The average Bonchev–Trinajstić information content (AvgIpc) is 2.30. The molecule has 1 N–H and O–H groups in total. The van der Waals surface area contributed by atoms with E-state index in [2.05, 4.69) is 18.2 Å². The number of Topliss-reactive ketones (excluding diaryl/α,β-unsaturated/α-hetero) is 1. The maximum atomic E-state index is 12.1. The number of ketones is 1. The van der Waals surface area contributed by atoms with Crippen molar-refractivity contribution in [1.29, 1.82) is 0 Å². The summed E-state index contributed by atoms with van der Waals surface area (Å²) in [6.07, 6.45) is 10.5. The van der Waals surface area contributed by atoms with Gasteiger partial charge in [0.2, 0.25) is 0 Å². The molecule has 84 valence electrons. The van der Waals surface area contributed by atoms with Crippen LogP contribution < -0.4 is 5.32 Å². The molecule has 1 heterocycles. The van der Waals surface area contributed by atoms with Gasteiger partial charge in [0.05, 0.1) is 0 Å². The van der Waals surface area contributed by atoms with E-state index in [-0.39, 0.29) is 5.41 Å². The summed E-state index contributed by atoms with van der Waals surface area (Å²) in [4.78, 5) is 12.1. The van der Waals surface area contributed by atoms with E-state index in [9.17, 15) is 4.79 Å². The lowest BCUT2D eigenvalue weighted by Gasteiger charge is -2.35. The first-order valence-corrected chi connectivity index (χ1v) is 5.92. The maximum absolute atomic E-state index is 12.1. The van der Waals surface area contributed by atoms with Crippen LogP contribution in [0.1, 0.15) is 45.4 Å². The maximum Gasteiger partial charge on any atom is 0.140 e. The van der Waals surface area contributed by atoms with Crippen LogP contribution in [0.25, 0.3) is 0 Å². The number of hydrogen-bond donors (Lipinski definition) is 1. The van der Waals surface area contributed by atoms with Gasteiger partial charge < -0.3 is 5.32 Å². The molecule has 0 aromatic rings. The molecule has 1 atom stereocenters. The Kier molecular flexibility index (Phi) is 4.84. The van der Waals surface area contributed by atoms with E-state index in [1.807, 2.05) is 0 Å². The molecule has 0 aliphatic carbocycles. The third-order valence-corrected chi connectivity index (χ3v) is 3.47. The summed E-state index contributed by atoms with van der Waals surface area (Å²) >= 11 is 0. The van der Waals surface area contributed by atoms with Crippen LogP contribution in [0, 0.1) is 17.8 Å². The molecular formula is C13H21NO. The van der Waals surface area contributed by atoms with Gasteiger partial charge >= 0.3 is 0 Å². The van der Waals surface area contributed by atoms with Crippen LogP contribution in [0.3, 0.4) is 0 Å². The van der Waals surface area contributed by atoms with E-state index >= 15 is 0 Å². The second kappa shape index (κ2) is 5.92. The first-order valence-electron chi connectivity index (χ1n) is 5.92. The minimum atomic E-state index is -0.0904. The molecule has 1 saturated heterocycles. The minimum Gasteiger partial charge on any atom is -0.316 e. The van der Waals surface area contributed by atoms with Gasteiger partial charge in [-0.2, -0.15) is 0 Å². The number of piperidine rings is 1. The average molecular weight is 207 g/mol. The van der Waals surface area contributed by atoms with Crippen molar-refractivity contribution in [2.75, 3.05) is 13.1 Å². The molecule has 1 fully saturated rings. The normalized spacial score (nSPS) is 25.9. The number of unbranched alkanes of at least 4 members (excludes halogenated alkanes) is 1. The van der Waals surface area contributed by atoms with Crippen LogP contribution >= 0.6 is 0 Å². The summed E-state index contributed by atoms with van der Waals surface area (Å²) in [5.41, 5.74) is -0.0904. The minimum absolute atomic E-state index is 0.0904. The van der Waals surface area contributed by atoms with Gasteiger partial charge in [0.1, 0.15) is 5.78 Å². The Bertz CT molecular complexity index is 246. The Morgan fingerprint density at radius 3 is 2.93 bits per heavy atom. The van der Waals surface area contributed by atoms with Crippen molar-refractivity contribution in [3.05, 3.63) is 0 Å². The van der Waals surface area contributed by atoms with Crippen LogP contribution in [-0.2, 0) is 4.79 Å². The molecule has 0 aromatic carbocycles. The van der Waals surface area contributed by atoms with Crippen molar-refractivity contribution in [3.8, 4) is 12.3 Å². The fourth-order valence-electron chi connectivity index (χ4n) is 2.32. The van der Waals surface area contributed by atoms with Crippen molar-refractivity contribution in [3.63, 3.8) is 0 Å². The Balaban J connectivity index is 2.49. The van der Waals surface area contributed by atoms with Crippen molar-refractivity contribution >= 4 is 5.78 Å². The molecule has 0 bridgehead atoms. The first kappa shape index (κ1) is 12.3. The van der Waals surface area contributed by atoms with E-state index < -0.39 is 0 Å². The number of rotatable bonds is 5. The predicted molar refractivity (Wildman–Crippen MR) is 62.5 cm³/mol. The summed E-state index contributed by atoms with van der Waals surface area (Å²) in [6.45, 7) is 4.03. The van der Waals surface area contributed by atoms with Crippen molar-refractivity contribution < 1.29 is 4.79 Å². The Labute approximate surface area is 92.8 Å². The van der Waals surface area contributed by atoms with Gasteiger partial charge in [-0.05, 0) is 32.2 Å².